The Bertz CT molecular complexity index is 786. The largest absolute Gasteiger partial charge is 0.493 e. The average molecular weight is 363 g/mol. The molecule has 0 aromatic heterocycles. The van der Waals surface area contributed by atoms with E-state index in [1.807, 2.05) is 0 Å². The molecule has 0 aliphatic carbocycles. The first-order valence-electron chi connectivity index (χ1n) is 7.48. The number of ether oxygens (including phenoxy) is 4. The van der Waals surface area contributed by atoms with Gasteiger partial charge in [-0.05, 0) is 36.8 Å². The van der Waals surface area contributed by atoms with Gasteiger partial charge in [0.15, 0.2) is 11.5 Å². The average Bonchev–Trinajstić information content (AvgIpc) is 2.62. The number of hydrogen-bond donors (Lipinski definition) is 0. The first-order valence-corrected chi connectivity index (χ1v) is 7.86. The summed E-state index contributed by atoms with van der Waals surface area (Å²) in [6.07, 6.45) is 1.65. The first-order chi connectivity index (χ1) is 12.0. The van der Waals surface area contributed by atoms with Crippen molar-refractivity contribution in [3.8, 4) is 23.0 Å². The summed E-state index contributed by atoms with van der Waals surface area (Å²) in [5.74, 6) is 1.48. The molecule has 0 aliphatic rings. The van der Waals surface area contributed by atoms with Crippen LogP contribution in [0.25, 0.3) is 0 Å². The highest BCUT2D eigenvalue weighted by Crippen LogP contribution is 2.39. The van der Waals surface area contributed by atoms with E-state index in [2.05, 4.69) is 6.58 Å². The summed E-state index contributed by atoms with van der Waals surface area (Å²) >= 11 is 6.26. The molecule has 0 fully saturated rings. The fourth-order valence-electron chi connectivity index (χ4n) is 2.18. The van der Waals surface area contributed by atoms with Crippen LogP contribution >= 0.6 is 11.6 Å². The highest BCUT2D eigenvalue weighted by Gasteiger charge is 2.17. The SMILES string of the molecule is C=CCOc1ccc(Oc2c(C)cc(C(=O)OC)cc2OC)c(Cl)c1. The van der Waals surface area contributed by atoms with E-state index >= 15 is 0 Å². The van der Waals surface area contributed by atoms with Gasteiger partial charge in [-0.3, -0.25) is 0 Å². The van der Waals surface area contributed by atoms with Crippen molar-refractivity contribution in [1.29, 1.82) is 0 Å². The minimum Gasteiger partial charge on any atom is -0.493 e. The lowest BCUT2D eigenvalue weighted by Crippen LogP contribution is -2.03. The van der Waals surface area contributed by atoms with Crippen molar-refractivity contribution in [2.24, 2.45) is 0 Å². The van der Waals surface area contributed by atoms with Crippen molar-refractivity contribution in [3.05, 3.63) is 59.1 Å². The Kier molecular flexibility index (Phi) is 6.31. The minimum atomic E-state index is -0.449. The van der Waals surface area contributed by atoms with Crippen LogP contribution in [-0.4, -0.2) is 26.8 Å². The maximum atomic E-state index is 11.7. The zero-order valence-corrected chi connectivity index (χ0v) is 15.1. The van der Waals surface area contributed by atoms with Crippen LogP contribution in [0.3, 0.4) is 0 Å². The summed E-state index contributed by atoms with van der Waals surface area (Å²) in [4.78, 5) is 11.7. The number of carbonyl (C=O) groups is 1. The van der Waals surface area contributed by atoms with Crippen LogP contribution in [0.5, 0.6) is 23.0 Å². The summed E-state index contributed by atoms with van der Waals surface area (Å²) in [5, 5.41) is 0.389. The lowest BCUT2D eigenvalue weighted by molar-refractivity contribution is 0.0600. The molecule has 0 atom stereocenters. The van der Waals surface area contributed by atoms with Crippen LogP contribution in [0.15, 0.2) is 43.0 Å². The highest BCUT2D eigenvalue weighted by molar-refractivity contribution is 6.32. The molecule has 0 bridgehead atoms. The quantitative estimate of drug-likeness (QED) is 0.523. The smallest absolute Gasteiger partial charge is 0.337 e. The fourth-order valence-corrected chi connectivity index (χ4v) is 2.39. The number of benzene rings is 2. The number of carbonyl (C=O) groups excluding carboxylic acids is 1. The number of hydrogen-bond acceptors (Lipinski definition) is 5. The van der Waals surface area contributed by atoms with Crippen LogP contribution in [0.2, 0.25) is 5.02 Å². The van der Waals surface area contributed by atoms with Gasteiger partial charge in [0.1, 0.15) is 18.1 Å². The zero-order chi connectivity index (χ0) is 18.4. The second kappa shape index (κ2) is 8.44. The topological polar surface area (TPSA) is 54.0 Å². The predicted molar refractivity (Wildman–Crippen MR) is 96.3 cm³/mol. The molecule has 2 aromatic rings. The summed E-state index contributed by atoms with van der Waals surface area (Å²) in [5.41, 5.74) is 1.09. The molecule has 0 N–H and O–H groups in total. The molecule has 0 saturated carbocycles. The van der Waals surface area contributed by atoms with Crippen molar-refractivity contribution in [2.75, 3.05) is 20.8 Å². The first kappa shape index (κ1) is 18.7. The third-order valence-electron chi connectivity index (χ3n) is 3.36. The molecule has 0 radical (unpaired) electrons. The van der Waals surface area contributed by atoms with Crippen LogP contribution in [-0.2, 0) is 4.74 Å². The minimum absolute atomic E-state index is 0.378. The number of esters is 1. The number of aryl methyl sites for hydroxylation is 1. The molecular formula is C19H19ClO5. The van der Waals surface area contributed by atoms with Crippen LogP contribution in [0, 0.1) is 6.92 Å². The standard InChI is InChI=1S/C19H19ClO5/c1-5-8-24-14-6-7-16(15(20)11-14)25-18-12(2)9-13(19(21)23-4)10-17(18)22-3/h5-7,9-11H,1,8H2,2-4H3. The molecule has 0 spiro atoms. The van der Waals surface area contributed by atoms with Gasteiger partial charge in [0, 0.05) is 6.07 Å². The molecular weight excluding hydrogens is 344 g/mol. The van der Waals surface area contributed by atoms with Gasteiger partial charge in [-0.2, -0.15) is 0 Å². The van der Waals surface area contributed by atoms with Gasteiger partial charge < -0.3 is 18.9 Å². The van der Waals surface area contributed by atoms with Gasteiger partial charge in [0.2, 0.25) is 0 Å². The zero-order valence-electron chi connectivity index (χ0n) is 14.3. The van der Waals surface area contributed by atoms with Crippen LogP contribution < -0.4 is 14.2 Å². The van der Waals surface area contributed by atoms with Gasteiger partial charge in [-0.25, -0.2) is 4.79 Å². The van der Waals surface area contributed by atoms with Gasteiger partial charge in [-0.1, -0.05) is 24.3 Å². The maximum Gasteiger partial charge on any atom is 0.337 e. The van der Waals surface area contributed by atoms with Crippen molar-refractivity contribution in [3.63, 3.8) is 0 Å². The molecule has 0 aliphatic heterocycles. The Hall–Kier alpha value is -2.66. The van der Waals surface area contributed by atoms with E-state index < -0.39 is 5.97 Å². The summed E-state index contributed by atoms with van der Waals surface area (Å²) in [6, 6.07) is 8.33. The van der Waals surface area contributed by atoms with E-state index in [1.165, 1.54) is 14.2 Å². The third kappa shape index (κ3) is 4.45. The highest BCUT2D eigenvalue weighted by atomic mass is 35.5. The molecule has 6 heteroatoms. The Morgan fingerprint density at radius 1 is 1.20 bits per heavy atom. The maximum absolute atomic E-state index is 11.7. The van der Waals surface area contributed by atoms with Crippen LogP contribution in [0.4, 0.5) is 0 Å². The van der Waals surface area contributed by atoms with E-state index in [4.69, 9.17) is 30.5 Å². The van der Waals surface area contributed by atoms with Crippen molar-refractivity contribution in [1.82, 2.24) is 0 Å². The van der Waals surface area contributed by atoms with Crippen molar-refractivity contribution in [2.45, 2.75) is 6.92 Å². The molecule has 0 unspecified atom stereocenters. The normalized spacial score (nSPS) is 10.1. The monoisotopic (exact) mass is 362 g/mol. The molecule has 25 heavy (non-hydrogen) atoms. The second-order valence-corrected chi connectivity index (χ2v) is 5.52. The van der Waals surface area contributed by atoms with E-state index in [0.29, 0.717) is 45.8 Å². The Morgan fingerprint density at radius 2 is 1.96 bits per heavy atom. The van der Waals surface area contributed by atoms with Gasteiger partial charge in [0.25, 0.3) is 0 Å². The Labute approximate surface area is 151 Å². The molecule has 5 nitrogen and oxygen atoms in total. The molecule has 132 valence electrons. The summed E-state index contributed by atoms with van der Waals surface area (Å²) < 4.78 is 21.4. The summed E-state index contributed by atoms with van der Waals surface area (Å²) in [7, 11) is 2.82. The molecule has 0 saturated heterocycles. The van der Waals surface area contributed by atoms with E-state index in [1.54, 1.807) is 43.3 Å². The van der Waals surface area contributed by atoms with Gasteiger partial charge >= 0.3 is 5.97 Å². The second-order valence-electron chi connectivity index (χ2n) is 5.11. The molecule has 2 aromatic carbocycles. The van der Waals surface area contributed by atoms with E-state index in [9.17, 15) is 4.79 Å². The number of halogens is 1. The Balaban J connectivity index is 2.33. The number of rotatable bonds is 7. The molecule has 0 amide bonds. The fraction of sp³-hybridized carbons (Fsp3) is 0.211. The third-order valence-corrected chi connectivity index (χ3v) is 3.66. The molecule has 2 rings (SSSR count). The molecule has 0 heterocycles. The Morgan fingerprint density at radius 3 is 2.56 bits per heavy atom. The number of methoxy groups -OCH3 is 2. The summed E-state index contributed by atoms with van der Waals surface area (Å²) in [6.45, 7) is 5.79. The van der Waals surface area contributed by atoms with E-state index in [-0.39, 0.29) is 0 Å². The van der Waals surface area contributed by atoms with Crippen LogP contribution in [0.1, 0.15) is 15.9 Å². The lowest BCUT2D eigenvalue weighted by Gasteiger charge is -2.15. The van der Waals surface area contributed by atoms with Gasteiger partial charge in [0.05, 0.1) is 24.8 Å². The van der Waals surface area contributed by atoms with Crippen molar-refractivity contribution >= 4 is 17.6 Å². The van der Waals surface area contributed by atoms with Crippen molar-refractivity contribution < 1.29 is 23.7 Å². The van der Waals surface area contributed by atoms with E-state index in [0.717, 1.165) is 0 Å². The lowest BCUT2D eigenvalue weighted by atomic mass is 10.1. The van der Waals surface area contributed by atoms with Gasteiger partial charge in [-0.15, -0.1) is 0 Å². The predicted octanol–water partition coefficient (Wildman–Crippen LogP) is 4.80.